The number of hydrogen-bond donors (Lipinski definition) is 1. The summed E-state index contributed by atoms with van der Waals surface area (Å²) in [4.78, 5) is 0. The highest BCUT2D eigenvalue weighted by Crippen LogP contribution is 2.03. The van der Waals surface area contributed by atoms with Crippen LogP contribution in [0.2, 0.25) is 0 Å². The molecular formula is C12H15N. The summed E-state index contributed by atoms with van der Waals surface area (Å²) in [7, 11) is 1.90. The molecule has 0 heterocycles. The third-order valence-electron chi connectivity index (χ3n) is 2.11. The molecule has 1 aromatic rings. The van der Waals surface area contributed by atoms with E-state index in [0.29, 0.717) is 0 Å². The minimum atomic E-state index is 0.195. The van der Waals surface area contributed by atoms with Gasteiger partial charge in [-0.2, -0.15) is 0 Å². The fourth-order valence-electron chi connectivity index (χ4n) is 1.27. The molecule has 0 saturated heterocycles. The first-order valence-electron chi connectivity index (χ1n) is 4.54. The van der Waals surface area contributed by atoms with Gasteiger partial charge in [-0.25, -0.2) is 0 Å². The highest BCUT2D eigenvalue weighted by molar-refractivity contribution is 5.15. The van der Waals surface area contributed by atoms with Crippen LogP contribution in [0.25, 0.3) is 0 Å². The third kappa shape index (κ3) is 3.31. The van der Waals surface area contributed by atoms with Gasteiger partial charge in [0.25, 0.3) is 0 Å². The molecule has 1 aromatic carbocycles. The standard InChI is InChI=1S/C12H15N/c1-3-12(13-2)10-9-11-7-5-4-6-8-11/h1,4-8,12-13H,9-10H2,2H3. The van der Waals surface area contributed by atoms with Gasteiger partial charge in [0, 0.05) is 0 Å². The average Bonchev–Trinajstić information content (AvgIpc) is 2.21. The average molecular weight is 173 g/mol. The summed E-state index contributed by atoms with van der Waals surface area (Å²) in [6.45, 7) is 0. The lowest BCUT2D eigenvalue weighted by Gasteiger charge is -2.08. The van der Waals surface area contributed by atoms with Crippen LogP contribution in [0.15, 0.2) is 30.3 Å². The third-order valence-corrected chi connectivity index (χ3v) is 2.11. The molecule has 0 radical (unpaired) electrons. The molecule has 1 N–H and O–H groups in total. The molecule has 0 bridgehead atoms. The topological polar surface area (TPSA) is 12.0 Å². The number of terminal acetylenes is 1. The minimum Gasteiger partial charge on any atom is -0.307 e. The lowest BCUT2D eigenvalue weighted by Crippen LogP contribution is -2.23. The van der Waals surface area contributed by atoms with Gasteiger partial charge in [-0.1, -0.05) is 36.3 Å². The van der Waals surface area contributed by atoms with Crippen LogP contribution in [-0.2, 0) is 6.42 Å². The lowest BCUT2D eigenvalue weighted by molar-refractivity contribution is 0.631. The number of rotatable bonds is 4. The summed E-state index contributed by atoms with van der Waals surface area (Å²) in [6.07, 6.45) is 7.37. The van der Waals surface area contributed by atoms with Gasteiger partial charge in [0.05, 0.1) is 6.04 Å². The second-order valence-corrected chi connectivity index (χ2v) is 3.03. The van der Waals surface area contributed by atoms with Crippen molar-refractivity contribution in [3.8, 4) is 12.3 Å². The Balaban J connectivity index is 2.40. The zero-order valence-electron chi connectivity index (χ0n) is 7.96. The zero-order chi connectivity index (χ0) is 9.52. The van der Waals surface area contributed by atoms with Gasteiger partial charge in [0.2, 0.25) is 0 Å². The second kappa shape index (κ2) is 5.40. The van der Waals surface area contributed by atoms with Gasteiger partial charge < -0.3 is 5.32 Å². The lowest BCUT2D eigenvalue weighted by atomic mass is 10.1. The molecule has 0 saturated carbocycles. The molecular weight excluding hydrogens is 158 g/mol. The molecule has 0 aliphatic rings. The molecule has 68 valence electrons. The quantitative estimate of drug-likeness (QED) is 0.685. The zero-order valence-corrected chi connectivity index (χ0v) is 7.96. The predicted octanol–water partition coefficient (Wildman–Crippen LogP) is 1.84. The first-order valence-corrected chi connectivity index (χ1v) is 4.54. The van der Waals surface area contributed by atoms with Crippen molar-refractivity contribution in [3.63, 3.8) is 0 Å². The monoisotopic (exact) mass is 173 g/mol. The van der Waals surface area contributed by atoms with Crippen molar-refractivity contribution in [2.24, 2.45) is 0 Å². The van der Waals surface area contributed by atoms with Crippen molar-refractivity contribution >= 4 is 0 Å². The van der Waals surface area contributed by atoms with Crippen molar-refractivity contribution in [1.82, 2.24) is 5.32 Å². The van der Waals surface area contributed by atoms with Crippen LogP contribution in [0.4, 0.5) is 0 Å². The number of aryl methyl sites for hydroxylation is 1. The SMILES string of the molecule is C#CC(CCc1ccccc1)NC. The maximum Gasteiger partial charge on any atom is 0.0687 e. The Hall–Kier alpha value is -1.26. The van der Waals surface area contributed by atoms with E-state index in [1.165, 1.54) is 5.56 Å². The van der Waals surface area contributed by atoms with Gasteiger partial charge in [0.15, 0.2) is 0 Å². The highest BCUT2D eigenvalue weighted by Gasteiger charge is 2.00. The van der Waals surface area contributed by atoms with Crippen LogP contribution in [0, 0.1) is 12.3 Å². The Kier molecular flexibility index (Phi) is 4.08. The Bertz CT molecular complexity index is 271. The molecule has 1 heteroatoms. The Morgan fingerprint density at radius 2 is 2.08 bits per heavy atom. The largest absolute Gasteiger partial charge is 0.307 e. The Morgan fingerprint density at radius 1 is 1.38 bits per heavy atom. The number of hydrogen-bond acceptors (Lipinski definition) is 1. The van der Waals surface area contributed by atoms with Gasteiger partial charge in [-0.15, -0.1) is 6.42 Å². The Labute approximate surface area is 80.2 Å². The van der Waals surface area contributed by atoms with E-state index in [0.717, 1.165) is 12.8 Å². The van der Waals surface area contributed by atoms with Crippen molar-refractivity contribution in [2.45, 2.75) is 18.9 Å². The molecule has 0 aromatic heterocycles. The van der Waals surface area contributed by atoms with Crippen LogP contribution in [0.3, 0.4) is 0 Å². The van der Waals surface area contributed by atoms with E-state index >= 15 is 0 Å². The van der Waals surface area contributed by atoms with Gasteiger partial charge in [0.1, 0.15) is 0 Å². The van der Waals surface area contributed by atoms with Gasteiger partial charge in [-0.05, 0) is 25.5 Å². The Morgan fingerprint density at radius 3 is 2.62 bits per heavy atom. The molecule has 0 aliphatic heterocycles. The van der Waals surface area contributed by atoms with Crippen molar-refractivity contribution in [2.75, 3.05) is 7.05 Å². The van der Waals surface area contributed by atoms with Crippen LogP contribution < -0.4 is 5.32 Å². The fraction of sp³-hybridized carbons (Fsp3) is 0.333. The first kappa shape index (κ1) is 9.83. The maximum absolute atomic E-state index is 5.33. The fourth-order valence-corrected chi connectivity index (χ4v) is 1.27. The van der Waals surface area contributed by atoms with Gasteiger partial charge in [-0.3, -0.25) is 0 Å². The second-order valence-electron chi connectivity index (χ2n) is 3.03. The van der Waals surface area contributed by atoms with Crippen molar-refractivity contribution < 1.29 is 0 Å². The van der Waals surface area contributed by atoms with Gasteiger partial charge >= 0.3 is 0 Å². The summed E-state index contributed by atoms with van der Waals surface area (Å²) in [6, 6.07) is 10.6. The van der Waals surface area contributed by atoms with E-state index in [-0.39, 0.29) is 6.04 Å². The minimum absolute atomic E-state index is 0.195. The first-order chi connectivity index (χ1) is 6.36. The van der Waals surface area contributed by atoms with E-state index < -0.39 is 0 Å². The van der Waals surface area contributed by atoms with E-state index in [2.05, 4.69) is 35.5 Å². The van der Waals surface area contributed by atoms with E-state index in [9.17, 15) is 0 Å². The highest BCUT2D eigenvalue weighted by atomic mass is 14.8. The molecule has 1 atom stereocenters. The molecule has 1 nitrogen and oxygen atoms in total. The molecule has 13 heavy (non-hydrogen) atoms. The summed E-state index contributed by atoms with van der Waals surface area (Å²) < 4.78 is 0. The summed E-state index contributed by atoms with van der Waals surface area (Å²) in [5.41, 5.74) is 1.35. The molecule has 0 aliphatic carbocycles. The molecule has 1 unspecified atom stereocenters. The molecule has 0 fully saturated rings. The van der Waals surface area contributed by atoms with Crippen molar-refractivity contribution in [1.29, 1.82) is 0 Å². The number of benzene rings is 1. The summed E-state index contributed by atoms with van der Waals surface area (Å²) in [5.74, 6) is 2.71. The molecule has 0 amide bonds. The normalized spacial score (nSPS) is 12.0. The van der Waals surface area contributed by atoms with Crippen molar-refractivity contribution in [3.05, 3.63) is 35.9 Å². The smallest absolute Gasteiger partial charge is 0.0687 e. The van der Waals surface area contributed by atoms with Crippen LogP contribution in [0.5, 0.6) is 0 Å². The van der Waals surface area contributed by atoms with E-state index in [1.54, 1.807) is 0 Å². The van der Waals surface area contributed by atoms with Crippen LogP contribution in [0.1, 0.15) is 12.0 Å². The molecule has 1 rings (SSSR count). The van der Waals surface area contributed by atoms with Crippen LogP contribution in [-0.4, -0.2) is 13.1 Å². The predicted molar refractivity (Wildman–Crippen MR) is 56.4 cm³/mol. The van der Waals surface area contributed by atoms with E-state index in [4.69, 9.17) is 6.42 Å². The number of nitrogens with one attached hydrogen (secondary N) is 1. The van der Waals surface area contributed by atoms with E-state index in [1.807, 2.05) is 13.1 Å². The molecule has 0 spiro atoms. The maximum atomic E-state index is 5.33. The summed E-state index contributed by atoms with van der Waals surface area (Å²) >= 11 is 0. The summed E-state index contributed by atoms with van der Waals surface area (Å²) in [5, 5.41) is 3.09. The van der Waals surface area contributed by atoms with Crippen LogP contribution >= 0.6 is 0 Å².